The van der Waals surface area contributed by atoms with Gasteiger partial charge in [-0.15, -0.1) is 0 Å². The van der Waals surface area contributed by atoms with Crippen LogP contribution in [-0.2, 0) is 4.74 Å². The summed E-state index contributed by atoms with van der Waals surface area (Å²) in [5.74, 6) is -1.98. The second-order valence-corrected chi connectivity index (χ2v) is 3.85. The van der Waals surface area contributed by atoms with Crippen LogP contribution in [0.25, 0.3) is 11.0 Å². The summed E-state index contributed by atoms with van der Waals surface area (Å²) in [6, 6.07) is 4.21. The van der Waals surface area contributed by atoms with Crippen molar-refractivity contribution in [2.75, 3.05) is 6.61 Å². The molecule has 1 N–H and O–H groups in total. The number of carbonyl (C=O) groups is 2. The predicted octanol–water partition coefficient (Wildman–Crippen LogP) is 2.96. The average molecular weight is 269 g/mol. The van der Waals surface area contributed by atoms with Crippen molar-refractivity contribution in [3.63, 3.8) is 0 Å². The molecular formula is C12H9ClO5. The third kappa shape index (κ3) is 2.04. The van der Waals surface area contributed by atoms with Crippen LogP contribution in [0.2, 0.25) is 5.02 Å². The summed E-state index contributed by atoms with van der Waals surface area (Å²) in [5, 5.41) is 9.31. The minimum absolute atomic E-state index is 0.127. The Morgan fingerprint density at radius 1 is 1.44 bits per heavy atom. The number of aromatic carboxylic acids is 1. The van der Waals surface area contributed by atoms with Gasteiger partial charge in [-0.2, -0.15) is 0 Å². The molecule has 0 aliphatic rings. The predicted molar refractivity (Wildman–Crippen MR) is 64.1 cm³/mol. The molecule has 0 unspecified atom stereocenters. The van der Waals surface area contributed by atoms with E-state index in [1.165, 1.54) is 18.2 Å². The smallest absolute Gasteiger partial charge is 0.371 e. The third-order valence-electron chi connectivity index (χ3n) is 2.34. The Labute approximate surface area is 107 Å². The van der Waals surface area contributed by atoms with Crippen LogP contribution in [0.4, 0.5) is 0 Å². The SMILES string of the molecule is CCOC(=O)c1ccc2oc(C(=O)O)cc2c1Cl. The number of halogens is 1. The normalized spacial score (nSPS) is 10.6. The van der Waals surface area contributed by atoms with Crippen LogP contribution in [0.5, 0.6) is 0 Å². The maximum absolute atomic E-state index is 11.6. The fourth-order valence-electron chi connectivity index (χ4n) is 1.55. The first-order valence-electron chi connectivity index (χ1n) is 5.17. The topological polar surface area (TPSA) is 76.7 Å². The molecule has 0 spiro atoms. The van der Waals surface area contributed by atoms with Crippen LogP contribution in [-0.4, -0.2) is 23.7 Å². The monoisotopic (exact) mass is 268 g/mol. The Morgan fingerprint density at radius 2 is 2.17 bits per heavy atom. The molecule has 94 valence electrons. The first-order valence-corrected chi connectivity index (χ1v) is 5.54. The van der Waals surface area contributed by atoms with Crippen molar-refractivity contribution in [3.8, 4) is 0 Å². The molecule has 2 rings (SSSR count). The molecule has 5 nitrogen and oxygen atoms in total. The van der Waals surface area contributed by atoms with E-state index in [2.05, 4.69) is 0 Å². The Bertz CT molecular complexity index is 629. The summed E-state index contributed by atoms with van der Waals surface area (Å²) < 4.78 is 9.91. The molecule has 0 aliphatic carbocycles. The molecule has 0 bridgehead atoms. The summed E-state index contributed by atoms with van der Waals surface area (Å²) in [6.07, 6.45) is 0. The lowest BCUT2D eigenvalue weighted by molar-refractivity contribution is 0.0526. The van der Waals surface area contributed by atoms with E-state index >= 15 is 0 Å². The molecule has 0 aliphatic heterocycles. The highest BCUT2D eigenvalue weighted by molar-refractivity contribution is 6.38. The second-order valence-electron chi connectivity index (χ2n) is 3.48. The standard InChI is InChI=1S/C12H9ClO5/c1-2-17-12(16)6-3-4-8-7(10(6)13)5-9(18-8)11(14)15/h3-5H,2H2,1H3,(H,14,15). The lowest BCUT2D eigenvalue weighted by atomic mass is 10.1. The summed E-state index contributed by atoms with van der Waals surface area (Å²) in [4.78, 5) is 22.4. The molecule has 1 aromatic heterocycles. The molecule has 2 aromatic rings. The van der Waals surface area contributed by atoms with E-state index in [-0.39, 0.29) is 23.0 Å². The highest BCUT2D eigenvalue weighted by Gasteiger charge is 2.18. The van der Waals surface area contributed by atoms with Gasteiger partial charge in [0.25, 0.3) is 0 Å². The third-order valence-corrected chi connectivity index (χ3v) is 2.75. The quantitative estimate of drug-likeness (QED) is 0.866. The lowest BCUT2D eigenvalue weighted by Crippen LogP contribution is -2.05. The van der Waals surface area contributed by atoms with Gasteiger partial charge in [-0.25, -0.2) is 9.59 Å². The number of furan rings is 1. The van der Waals surface area contributed by atoms with Gasteiger partial charge in [-0.1, -0.05) is 11.6 Å². The van der Waals surface area contributed by atoms with Crippen molar-refractivity contribution in [3.05, 3.63) is 34.5 Å². The average Bonchev–Trinajstić information content (AvgIpc) is 2.74. The molecule has 0 amide bonds. The van der Waals surface area contributed by atoms with E-state index in [1.807, 2.05) is 0 Å². The number of carboxylic acid groups (broad SMARTS) is 1. The molecule has 0 saturated heterocycles. The van der Waals surface area contributed by atoms with Crippen LogP contribution >= 0.6 is 11.6 Å². The van der Waals surface area contributed by atoms with Crippen molar-refractivity contribution >= 4 is 34.5 Å². The lowest BCUT2D eigenvalue weighted by Gasteiger charge is -2.03. The fourth-order valence-corrected chi connectivity index (χ4v) is 1.84. The maximum Gasteiger partial charge on any atom is 0.371 e. The van der Waals surface area contributed by atoms with Crippen LogP contribution in [0.15, 0.2) is 22.6 Å². The molecule has 18 heavy (non-hydrogen) atoms. The zero-order chi connectivity index (χ0) is 13.3. The second kappa shape index (κ2) is 4.70. The Balaban J connectivity index is 2.56. The number of rotatable bonds is 3. The van der Waals surface area contributed by atoms with Crippen molar-refractivity contribution in [2.24, 2.45) is 0 Å². The summed E-state index contributed by atoms with van der Waals surface area (Å²) in [7, 11) is 0. The van der Waals surface area contributed by atoms with E-state index in [9.17, 15) is 9.59 Å². The molecule has 6 heteroatoms. The first kappa shape index (κ1) is 12.4. The minimum atomic E-state index is -1.19. The van der Waals surface area contributed by atoms with E-state index in [1.54, 1.807) is 6.92 Å². The van der Waals surface area contributed by atoms with Crippen molar-refractivity contribution < 1.29 is 23.8 Å². The minimum Gasteiger partial charge on any atom is -0.475 e. The number of carbonyl (C=O) groups excluding carboxylic acids is 1. The number of hydrogen-bond donors (Lipinski definition) is 1. The molecule has 1 aromatic carbocycles. The Hall–Kier alpha value is -2.01. The van der Waals surface area contributed by atoms with Gasteiger partial charge in [0.2, 0.25) is 5.76 Å². The summed E-state index contributed by atoms with van der Waals surface area (Å²) in [5.41, 5.74) is 0.495. The highest BCUT2D eigenvalue weighted by atomic mass is 35.5. The van der Waals surface area contributed by atoms with Crippen LogP contribution in [0, 0.1) is 0 Å². The van der Waals surface area contributed by atoms with Crippen LogP contribution in [0.3, 0.4) is 0 Å². The zero-order valence-corrected chi connectivity index (χ0v) is 10.2. The van der Waals surface area contributed by atoms with Gasteiger partial charge < -0.3 is 14.3 Å². The van der Waals surface area contributed by atoms with Gasteiger partial charge in [0.05, 0.1) is 17.2 Å². The number of carboxylic acids is 1. The molecule has 0 atom stereocenters. The Kier molecular flexibility index (Phi) is 3.25. The number of fused-ring (bicyclic) bond motifs is 1. The van der Waals surface area contributed by atoms with Crippen LogP contribution in [0.1, 0.15) is 27.8 Å². The van der Waals surface area contributed by atoms with Crippen molar-refractivity contribution in [1.29, 1.82) is 0 Å². The highest BCUT2D eigenvalue weighted by Crippen LogP contribution is 2.30. The zero-order valence-electron chi connectivity index (χ0n) is 9.40. The van der Waals surface area contributed by atoms with Crippen molar-refractivity contribution in [1.82, 2.24) is 0 Å². The van der Waals surface area contributed by atoms with Gasteiger partial charge in [-0.3, -0.25) is 0 Å². The van der Waals surface area contributed by atoms with E-state index in [4.69, 9.17) is 25.9 Å². The number of esters is 1. The fraction of sp³-hybridized carbons (Fsp3) is 0.167. The van der Waals surface area contributed by atoms with E-state index in [0.717, 1.165) is 0 Å². The molecule has 1 heterocycles. The van der Waals surface area contributed by atoms with Gasteiger partial charge in [0, 0.05) is 11.5 Å². The van der Waals surface area contributed by atoms with Gasteiger partial charge in [0.15, 0.2) is 0 Å². The molecule has 0 saturated carbocycles. The summed E-state index contributed by atoms with van der Waals surface area (Å²) in [6.45, 7) is 1.92. The van der Waals surface area contributed by atoms with E-state index in [0.29, 0.717) is 11.0 Å². The van der Waals surface area contributed by atoms with Gasteiger partial charge in [0.1, 0.15) is 5.58 Å². The molecule has 0 radical (unpaired) electrons. The van der Waals surface area contributed by atoms with Gasteiger partial charge in [-0.05, 0) is 19.1 Å². The first-order chi connectivity index (χ1) is 8.54. The van der Waals surface area contributed by atoms with Crippen LogP contribution < -0.4 is 0 Å². The Morgan fingerprint density at radius 3 is 2.78 bits per heavy atom. The number of benzene rings is 1. The van der Waals surface area contributed by atoms with Gasteiger partial charge >= 0.3 is 11.9 Å². The summed E-state index contributed by atoms with van der Waals surface area (Å²) >= 11 is 6.04. The number of hydrogen-bond acceptors (Lipinski definition) is 4. The van der Waals surface area contributed by atoms with E-state index < -0.39 is 11.9 Å². The molecule has 0 fully saturated rings. The molecular weight excluding hydrogens is 260 g/mol. The number of ether oxygens (including phenoxy) is 1. The largest absolute Gasteiger partial charge is 0.475 e. The maximum atomic E-state index is 11.6. The van der Waals surface area contributed by atoms with Crippen molar-refractivity contribution in [2.45, 2.75) is 6.92 Å².